The zero-order valence-electron chi connectivity index (χ0n) is 13.0. The van der Waals surface area contributed by atoms with Crippen molar-refractivity contribution in [3.8, 4) is 10.6 Å². The maximum absolute atomic E-state index is 12.5. The van der Waals surface area contributed by atoms with Gasteiger partial charge in [0.2, 0.25) is 0 Å². The molecule has 1 amide bonds. The maximum atomic E-state index is 12.5. The standard InChI is InChI=1S/C18H15N3O2S/c1-12-17(21-9-3-2-6-16(21)20-12)18(22)19-11-13-7-8-14(23-13)15-5-4-10-24-15/h2-10H,11H2,1H3,(H,19,22). The van der Waals surface area contributed by atoms with Crippen molar-refractivity contribution in [1.29, 1.82) is 0 Å². The molecule has 4 aromatic rings. The largest absolute Gasteiger partial charge is 0.458 e. The molecule has 1 N–H and O–H groups in total. The highest BCUT2D eigenvalue weighted by atomic mass is 32.1. The van der Waals surface area contributed by atoms with Crippen molar-refractivity contribution in [3.63, 3.8) is 0 Å². The SMILES string of the molecule is Cc1nc2ccccn2c1C(=O)NCc1ccc(-c2cccs2)o1. The van der Waals surface area contributed by atoms with Gasteiger partial charge in [-0.25, -0.2) is 4.98 Å². The first kappa shape index (κ1) is 14.7. The molecule has 0 aliphatic heterocycles. The monoisotopic (exact) mass is 337 g/mol. The summed E-state index contributed by atoms with van der Waals surface area (Å²) in [5, 5.41) is 4.91. The van der Waals surface area contributed by atoms with E-state index in [1.54, 1.807) is 15.7 Å². The first-order valence-electron chi connectivity index (χ1n) is 7.57. The van der Waals surface area contributed by atoms with Crippen LogP contribution in [0.2, 0.25) is 0 Å². The third-order valence-electron chi connectivity index (χ3n) is 3.77. The van der Waals surface area contributed by atoms with Gasteiger partial charge in [0.15, 0.2) is 0 Å². The van der Waals surface area contributed by atoms with Crippen molar-refractivity contribution in [2.75, 3.05) is 0 Å². The van der Waals surface area contributed by atoms with Crippen LogP contribution in [-0.4, -0.2) is 15.3 Å². The summed E-state index contributed by atoms with van der Waals surface area (Å²) in [7, 11) is 0. The van der Waals surface area contributed by atoms with Gasteiger partial charge in [0, 0.05) is 6.20 Å². The Labute approximate surface area is 142 Å². The fourth-order valence-corrected chi connectivity index (χ4v) is 3.35. The Morgan fingerprint density at radius 1 is 1.25 bits per heavy atom. The second-order valence-electron chi connectivity index (χ2n) is 5.40. The molecule has 0 bridgehead atoms. The van der Waals surface area contributed by atoms with Crippen LogP contribution in [-0.2, 0) is 6.54 Å². The molecule has 24 heavy (non-hydrogen) atoms. The van der Waals surface area contributed by atoms with Crippen LogP contribution in [0.5, 0.6) is 0 Å². The number of nitrogens with one attached hydrogen (secondary N) is 1. The Hall–Kier alpha value is -2.86. The molecule has 0 aliphatic rings. The van der Waals surface area contributed by atoms with E-state index in [0.717, 1.165) is 22.0 Å². The first-order chi connectivity index (χ1) is 11.7. The molecule has 4 rings (SSSR count). The number of amides is 1. The number of pyridine rings is 1. The van der Waals surface area contributed by atoms with Gasteiger partial charge in [-0.3, -0.25) is 9.20 Å². The van der Waals surface area contributed by atoms with Gasteiger partial charge in [-0.15, -0.1) is 11.3 Å². The molecule has 0 saturated heterocycles. The van der Waals surface area contributed by atoms with Crippen molar-refractivity contribution in [2.24, 2.45) is 0 Å². The van der Waals surface area contributed by atoms with Crippen LogP contribution >= 0.6 is 11.3 Å². The number of furan rings is 1. The Balaban J connectivity index is 1.51. The predicted molar refractivity (Wildman–Crippen MR) is 93.1 cm³/mol. The van der Waals surface area contributed by atoms with E-state index in [1.807, 2.05) is 61.0 Å². The number of rotatable bonds is 4. The van der Waals surface area contributed by atoms with Crippen LogP contribution in [0.15, 0.2) is 58.5 Å². The molecule has 5 nitrogen and oxygen atoms in total. The van der Waals surface area contributed by atoms with Crippen LogP contribution in [0.25, 0.3) is 16.3 Å². The Morgan fingerprint density at radius 2 is 2.17 bits per heavy atom. The van der Waals surface area contributed by atoms with Crippen LogP contribution in [0.1, 0.15) is 21.9 Å². The summed E-state index contributed by atoms with van der Waals surface area (Å²) in [4.78, 5) is 18.0. The van der Waals surface area contributed by atoms with E-state index in [2.05, 4.69) is 10.3 Å². The predicted octanol–water partition coefficient (Wildman–Crippen LogP) is 3.89. The lowest BCUT2D eigenvalue weighted by molar-refractivity contribution is 0.0941. The Morgan fingerprint density at radius 3 is 3.00 bits per heavy atom. The van der Waals surface area contributed by atoms with Gasteiger partial charge in [0.1, 0.15) is 22.9 Å². The topological polar surface area (TPSA) is 59.5 Å². The van der Waals surface area contributed by atoms with E-state index in [0.29, 0.717) is 17.9 Å². The van der Waals surface area contributed by atoms with Crippen LogP contribution in [0.3, 0.4) is 0 Å². The summed E-state index contributed by atoms with van der Waals surface area (Å²) in [5.41, 5.74) is 2.02. The fraction of sp³-hybridized carbons (Fsp3) is 0.111. The smallest absolute Gasteiger partial charge is 0.270 e. The van der Waals surface area contributed by atoms with Crippen molar-refractivity contribution in [3.05, 3.63) is 71.2 Å². The molecule has 4 aromatic heterocycles. The molecule has 0 fully saturated rings. The summed E-state index contributed by atoms with van der Waals surface area (Å²) in [6, 6.07) is 13.5. The van der Waals surface area contributed by atoms with E-state index < -0.39 is 0 Å². The highest BCUT2D eigenvalue weighted by Crippen LogP contribution is 2.26. The van der Waals surface area contributed by atoms with Gasteiger partial charge in [-0.2, -0.15) is 0 Å². The van der Waals surface area contributed by atoms with Gasteiger partial charge in [-0.1, -0.05) is 12.1 Å². The average Bonchev–Trinajstić information content (AvgIpc) is 3.31. The van der Waals surface area contributed by atoms with Gasteiger partial charge < -0.3 is 9.73 Å². The highest BCUT2D eigenvalue weighted by Gasteiger charge is 2.16. The number of aryl methyl sites for hydroxylation is 1. The number of carbonyl (C=O) groups is 1. The zero-order chi connectivity index (χ0) is 16.5. The Bertz CT molecular complexity index is 999. The number of thiophene rings is 1. The summed E-state index contributed by atoms with van der Waals surface area (Å²) in [6.07, 6.45) is 1.84. The minimum atomic E-state index is -0.166. The molecule has 6 heteroatoms. The van der Waals surface area contributed by atoms with Gasteiger partial charge in [0.05, 0.1) is 17.1 Å². The van der Waals surface area contributed by atoms with E-state index >= 15 is 0 Å². The second kappa shape index (κ2) is 5.98. The molecule has 0 radical (unpaired) electrons. The van der Waals surface area contributed by atoms with Crippen molar-refractivity contribution >= 4 is 22.9 Å². The van der Waals surface area contributed by atoms with Crippen LogP contribution in [0, 0.1) is 6.92 Å². The normalized spacial score (nSPS) is 11.0. The summed E-state index contributed by atoms with van der Waals surface area (Å²) in [5.74, 6) is 1.37. The number of carbonyl (C=O) groups excluding carboxylic acids is 1. The second-order valence-corrected chi connectivity index (χ2v) is 6.35. The minimum Gasteiger partial charge on any atom is -0.458 e. The third-order valence-corrected chi connectivity index (χ3v) is 4.65. The maximum Gasteiger partial charge on any atom is 0.270 e. The molecule has 0 aromatic carbocycles. The van der Waals surface area contributed by atoms with E-state index in [4.69, 9.17) is 4.42 Å². The van der Waals surface area contributed by atoms with Gasteiger partial charge in [-0.05, 0) is 42.6 Å². The van der Waals surface area contributed by atoms with Gasteiger partial charge in [0.25, 0.3) is 5.91 Å². The lowest BCUT2D eigenvalue weighted by Crippen LogP contribution is -2.24. The molecule has 120 valence electrons. The fourth-order valence-electron chi connectivity index (χ4n) is 2.66. The van der Waals surface area contributed by atoms with Crippen LogP contribution < -0.4 is 5.32 Å². The molecular formula is C18H15N3O2S. The van der Waals surface area contributed by atoms with Gasteiger partial charge >= 0.3 is 0 Å². The van der Waals surface area contributed by atoms with Crippen molar-refractivity contribution in [1.82, 2.24) is 14.7 Å². The average molecular weight is 337 g/mol. The molecule has 0 spiro atoms. The minimum absolute atomic E-state index is 0.166. The first-order valence-corrected chi connectivity index (χ1v) is 8.45. The molecule has 0 aliphatic carbocycles. The van der Waals surface area contributed by atoms with E-state index in [-0.39, 0.29) is 5.91 Å². The number of nitrogens with zero attached hydrogens (tertiary/aromatic N) is 2. The Kier molecular flexibility index (Phi) is 3.66. The summed E-state index contributed by atoms with van der Waals surface area (Å²) >= 11 is 1.62. The molecular weight excluding hydrogens is 322 g/mol. The highest BCUT2D eigenvalue weighted by molar-refractivity contribution is 7.13. The zero-order valence-corrected chi connectivity index (χ0v) is 13.8. The quantitative estimate of drug-likeness (QED) is 0.614. The number of aromatic nitrogens is 2. The molecule has 0 unspecified atom stereocenters. The lowest BCUT2D eigenvalue weighted by atomic mass is 10.3. The molecule has 0 saturated carbocycles. The molecule has 4 heterocycles. The summed E-state index contributed by atoms with van der Waals surface area (Å²) in [6.45, 7) is 2.17. The number of imidazole rings is 1. The lowest BCUT2D eigenvalue weighted by Gasteiger charge is -2.04. The summed E-state index contributed by atoms with van der Waals surface area (Å²) < 4.78 is 7.58. The van der Waals surface area contributed by atoms with Crippen LogP contribution in [0.4, 0.5) is 0 Å². The van der Waals surface area contributed by atoms with Crippen molar-refractivity contribution < 1.29 is 9.21 Å². The third kappa shape index (κ3) is 2.61. The van der Waals surface area contributed by atoms with E-state index in [9.17, 15) is 4.79 Å². The number of hydrogen-bond donors (Lipinski definition) is 1. The van der Waals surface area contributed by atoms with E-state index in [1.165, 1.54) is 0 Å². The van der Waals surface area contributed by atoms with Crippen molar-refractivity contribution in [2.45, 2.75) is 13.5 Å². The molecule has 0 atom stereocenters. The number of hydrogen-bond acceptors (Lipinski definition) is 4. The number of fused-ring (bicyclic) bond motifs is 1.